The Kier molecular flexibility index (Phi) is 5.97. The summed E-state index contributed by atoms with van der Waals surface area (Å²) in [7, 11) is 0. The molecular formula is C19H28N2O2S. The third-order valence-electron chi connectivity index (χ3n) is 4.20. The summed E-state index contributed by atoms with van der Waals surface area (Å²) in [5.41, 5.74) is 1.53. The average molecular weight is 349 g/mol. The van der Waals surface area contributed by atoms with Gasteiger partial charge in [-0.1, -0.05) is 45.9 Å². The molecule has 0 aliphatic carbocycles. The third-order valence-corrected chi connectivity index (χ3v) is 5.96. The van der Waals surface area contributed by atoms with Crippen LogP contribution in [0.1, 0.15) is 50.0 Å². The molecule has 1 aromatic rings. The van der Waals surface area contributed by atoms with Gasteiger partial charge in [0, 0.05) is 17.9 Å². The summed E-state index contributed by atoms with van der Waals surface area (Å²) in [5.74, 6) is 0.558. The Balaban J connectivity index is 2.35. The smallest absolute Gasteiger partial charge is 0.255 e. The van der Waals surface area contributed by atoms with Gasteiger partial charge in [-0.3, -0.25) is 9.59 Å². The van der Waals surface area contributed by atoms with E-state index in [-0.39, 0.29) is 22.6 Å². The first kappa shape index (κ1) is 18.8. The molecule has 1 N–H and O–H groups in total. The summed E-state index contributed by atoms with van der Waals surface area (Å²) < 4.78 is 0. The molecule has 132 valence electrons. The summed E-state index contributed by atoms with van der Waals surface area (Å²) in [6, 6.07) is 7.19. The number of hydrogen-bond acceptors (Lipinski definition) is 3. The standard InChI is InChI=1S/C19H28N2O2S/c1-6-11-20-16(22)15-12-24-18(19(3,4)5)21(15)17(23)14-10-8-7-9-13(14)2/h7-10,15,18H,6,11-12H2,1-5H3,(H,20,22). The second-order valence-electron chi connectivity index (χ2n) is 7.39. The Morgan fingerprint density at radius 3 is 2.54 bits per heavy atom. The van der Waals surface area contributed by atoms with Crippen molar-refractivity contribution in [2.45, 2.75) is 52.5 Å². The molecule has 2 rings (SSSR count). The van der Waals surface area contributed by atoms with Crippen LogP contribution in [0.25, 0.3) is 0 Å². The molecule has 2 amide bonds. The minimum absolute atomic E-state index is 0.0121. The quantitative estimate of drug-likeness (QED) is 0.907. The molecule has 1 aromatic carbocycles. The number of thioether (sulfide) groups is 1. The lowest BCUT2D eigenvalue weighted by Gasteiger charge is -2.36. The maximum atomic E-state index is 13.2. The van der Waals surface area contributed by atoms with Gasteiger partial charge in [-0.05, 0) is 30.4 Å². The predicted molar refractivity (Wildman–Crippen MR) is 100 cm³/mol. The minimum atomic E-state index is -0.405. The van der Waals surface area contributed by atoms with Gasteiger partial charge in [0.2, 0.25) is 5.91 Å². The van der Waals surface area contributed by atoms with Gasteiger partial charge in [0.15, 0.2) is 0 Å². The lowest BCUT2D eigenvalue weighted by Crippen LogP contribution is -2.52. The maximum Gasteiger partial charge on any atom is 0.255 e. The van der Waals surface area contributed by atoms with Crippen molar-refractivity contribution in [2.24, 2.45) is 5.41 Å². The Morgan fingerprint density at radius 2 is 1.96 bits per heavy atom. The molecule has 2 atom stereocenters. The normalized spacial score (nSPS) is 21.0. The van der Waals surface area contributed by atoms with Crippen LogP contribution in [0.15, 0.2) is 24.3 Å². The first-order valence-electron chi connectivity index (χ1n) is 8.55. The largest absolute Gasteiger partial charge is 0.354 e. The number of nitrogens with one attached hydrogen (secondary N) is 1. The fourth-order valence-electron chi connectivity index (χ4n) is 2.94. The summed E-state index contributed by atoms with van der Waals surface area (Å²) >= 11 is 1.70. The molecule has 5 heteroatoms. The van der Waals surface area contributed by atoms with Crippen LogP contribution in [-0.2, 0) is 4.79 Å². The number of hydrogen-bond donors (Lipinski definition) is 1. The van der Waals surface area contributed by atoms with Crippen LogP contribution >= 0.6 is 11.8 Å². The molecule has 0 bridgehead atoms. The zero-order valence-electron chi connectivity index (χ0n) is 15.3. The van der Waals surface area contributed by atoms with Gasteiger partial charge < -0.3 is 10.2 Å². The summed E-state index contributed by atoms with van der Waals surface area (Å²) in [6.45, 7) is 11.0. The number of carbonyl (C=O) groups excluding carboxylic acids is 2. The highest BCUT2D eigenvalue weighted by Gasteiger charge is 2.46. The van der Waals surface area contributed by atoms with E-state index in [2.05, 4.69) is 26.1 Å². The van der Waals surface area contributed by atoms with Crippen molar-refractivity contribution in [3.05, 3.63) is 35.4 Å². The summed E-state index contributed by atoms with van der Waals surface area (Å²) in [4.78, 5) is 27.6. The van der Waals surface area contributed by atoms with E-state index in [1.807, 2.05) is 38.1 Å². The van der Waals surface area contributed by atoms with E-state index in [1.165, 1.54) is 0 Å². The zero-order valence-corrected chi connectivity index (χ0v) is 16.1. The first-order chi connectivity index (χ1) is 11.3. The van der Waals surface area contributed by atoms with Gasteiger partial charge in [0.1, 0.15) is 6.04 Å². The molecule has 0 aromatic heterocycles. The fourth-order valence-corrected chi connectivity index (χ4v) is 4.52. The maximum absolute atomic E-state index is 13.2. The molecule has 0 spiro atoms. The third kappa shape index (κ3) is 3.94. The topological polar surface area (TPSA) is 49.4 Å². The summed E-state index contributed by atoms with van der Waals surface area (Å²) in [6.07, 6.45) is 0.889. The first-order valence-corrected chi connectivity index (χ1v) is 9.59. The van der Waals surface area contributed by atoms with Crippen LogP contribution in [0.4, 0.5) is 0 Å². The molecule has 1 aliphatic heterocycles. The highest BCUT2D eigenvalue weighted by molar-refractivity contribution is 8.00. The Bertz CT molecular complexity index is 610. The molecule has 0 saturated carbocycles. The molecule has 0 radical (unpaired) electrons. The van der Waals surface area contributed by atoms with Crippen LogP contribution in [0, 0.1) is 12.3 Å². The monoisotopic (exact) mass is 348 g/mol. The van der Waals surface area contributed by atoms with Crippen LogP contribution in [0.5, 0.6) is 0 Å². The van der Waals surface area contributed by atoms with Crippen LogP contribution in [-0.4, -0.2) is 40.4 Å². The Hall–Kier alpha value is -1.49. The van der Waals surface area contributed by atoms with E-state index in [0.29, 0.717) is 17.9 Å². The molecule has 1 fully saturated rings. The molecule has 1 heterocycles. The van der Waals surface area contributed by atoms with Gasteiger partial charge in [-0.25, -0.2) is 0 Å². The number of aryl methyl sites for hydroxylation is 1. The highest BCUT2D eigenvalue weighted by atomic mass is 32.2. The van der Waals surface area contributed by atoms with Crippen molar-refractivity contribution in [3.63, 3.8) is 0 Å². The van der Waals surface area contributed by atoms with E-state index in [0.717, 1.165) is 12.0 Å². The van der Waals surface area contributed by atoms with Crippen LogP contribution in [0.2, 0.25) is 0 Å². The van der Waals surface area contributed by atoms with E-state index in [9.17, 15) is 9.59 Å². The van der Waals surface area contributed by atoms with E-state index in [4.69, 9.17) is 0 Å². The van der Waals surface area contributed by atoms with Crippen LogP contribution < -0.4 is 5.32 Å². The number of rotatable bonds is 4. The number of amides is 2. The molecule has 4 nitrogen and oxygen atoms in total. The van der Waals surface area contributed by atoms with Crippen LogP contribution in [0.3, 0.4) is 0 Å². The van der Waals surface area contributed by atoms with Gasteiger partial charge in [-0.15, -0.1) is 11.8 Å². The van der Waals surface area contributed by atoms with Gasteiger partial charge >= 0.3 is 0 Å². The molecular weight excluding hydrogens is 320 g/mol. The van der Waals surface area contributed by atoms with Gasteiger partial charge in [-0.2, -0.15) is 0 Å². The lowest BCUT2D eigenvalue weighted by atomic mass is 9.94. The average Bonchev–Trinajstić information content (AvgIpc) is 2.97. The lowest BCUT2D eigenvalue weighted by molar-refractivity contribution is -0.125. The van der Waals surface area contributed by atoms with Crippen molar-refractivity contribution >= 4 is 23.6 Å². The SMILES string of the molecule is CCCNC(=O)C1CSC(C(C)(C)C)N1C(=O)c1ccccc1C. The second kappa shape index (κ2) is 7.60. The predicted octanol–water partition coefficient (Wildman–Crippen LogP) is 3.45. The fraction of sp³-hybridized carbons (Fsp3) is 0.579. The molecule has 1 aliphatic rings. The van der Waals surface area contributed by atoms with Gasteiger partial charge in [0.05, 0.1) is 5.37 Å². The minimum Gasteiger partial charge on any atom is -0.354 e. The number of carbonyl (C=O) groups is 2. The Labute approximate surface area is 149 Å². The molecule has 24 heavy (non-hydrogen) atoms. The number of nitrogens with zero attached hydrogens (tertiary/aromatic N) is 1. The van der Waals surface area contributed by atoms with Crippen molar-refractivity contribution in [1.82, 2.24) is 10.2 Å². The van der Waals surface area contributed by atoms with E-state index in [1.54, 1.807) is 16.7 Å². The van der Waals surface area contributed by atoms with Crippen molar-refractivity contribution < 1.29 is 9.59 Å². The highest BCUT2D eigenvalue weighted by Crippen LogP contribution is 2.41. The zero-order chi connectivity index (χ0) is 17.9. The molecule has 2 unspecified atom stereocenters. The van der Waals surface area contributed by atoms with Crippen molar-refractivity contribution in [2.75, 3.05) is 12.3 Å². The van der Waals surface area contributed by atoms with E-state index >= 15 is 0 Å². The van der Waals surface area contributed by atoms with E-state index < -0.39 is 6.04 Å². The van der Waals surface area contributed by atoms with Crippen molar-refractivity contribution in [1.29, 1.82) is 0 Å². The number of benzene rings is 1. The Morgan fingerprint density at radius 1 is 1.29 bits per heavy atom. The molecule has 1 saturated heterocycles. The van der Waals surface area contributed by atoms with Crippen molar-refractivity contribution in [3.8, 4) is 0 Å². The second-order valence-corrected chi connectivity index (χ2v) is 8.50. The summed E-state index contributed by atoms with van der Waals surface area (Å²) in [5, 5.41) is 2.94. The van der Waals surface area contributed by atoms with Gasteiger partial charge in [0.25, 0.3) is 5.91 Å².